The Hall–Kier alpha value is -9.61. The summed E-state index contributed by atoms with van der Waals surface area (Å²) >= 11 is 0. The molecule has 0 radical (unpaired) electrons. The summed E-state index contributed by atoms with van der Waals surface area (Å²) in [6.07, 6.45) is 19.8. The van der Waals surface area contributed by atoms with Crippen LogP contribution in [0.5, 0.6) is 0 Å². The summed E-state index contributed by atoms with van der Waals surface area (Å²) in [6, 6.07) is 12.4. The molecule has 0 fully saturated rings. The summed E-state index contributed by atoms with van der Waals surface area (Å²) in [7, 11) is 0. The normalized spacial score (nSPS) is 11.8. The third-order valence-corrected chi connectivity index (χ3v) is 18.1. The lowest BCUT2D eigenvalue weighted by Crippen LogP contribution is -2.18. The maximum atomic E-state index is 4.83. The van der Waals surface area contributed by atoms with Crippen LogP contribution in [0.15, 0.2) is 61.3 Å². The van der Waals surface area contributed by atoms with E-state index in [4.69, 9.17) is 9.97 Å². The Bertz CT molecular complexity index is 4410. The van der Waals surface area contributed by atoms with Crippen molar-refractivity contribution in [2.75, 3.05) is 37.2 Å². The van der Waals surface area contributed by atoms with Crippen molar-refractivity contribution in [3.05, 3.63) is 142 Å². The Morgan fingerprint density at radius 3 is 1.07 bits per heavy atom. The number of fused-ring (bicyclic) bond motifs is 5. The predicted molar refractivity (Wildman–Crippen MR) is 539 cm³/mol. The molecule has 125 heavy (non-hydrogen) atoms. The molecule has 0 spiro atoms. The van der Waals surface area contributed by atoms with E-state index in [1.165, 1.54) is 54.6 Å². The van der Waals surface area contributed by atoms with Crippen molar-refractivity contribution in [3.8, 4) is 0 Å². The minimum Gasteiger partial charge on any atom is -0.368 e. The lowest BCUT2D eigenvalue weighted by molar-refractivity contribution is 0.600. The monoisotopic (exact) mass is 1720 g/mol. The zero-order valence-corrected chi connectivity index (χ0v) is 85.8. The van der Waals surface area contributed by atoms with E-state index in [1.54, 1.807) is 24.8 Å². The minimum atomic E-state index is 0.300. The van der Waals surface area contributed by atoms with Gasteiger partial charge in [-0.05, 0) is 187 Å². The number of aromatic nitrogens is 17. The molecule has 0 bridgehead atoms. The first-order chi connectivity index (χ1) is 59.3. The highest BCUT2D eigenvalue weighted by atomic mass is 15.1. The highest BCUT2D eigenvalue weighted by Crippen LogP contribution is 2.32. The van der Waals surface area contributed by atoms with Crippen LogP contribution >= 0.6 is 0 Å². The fourth-order valence-electron chi connectivity index (χ4n) is 12.2. The van der Waals surface area contributed by atoms with Crippen molar-refractivity contribution in [1.82, 2.24) is 84.7 Å². The Kier molecular flexibility index (Phi) is 54.6. The second-order valence-corrected chi connectivity index (χ2v) is 34.5. The first-order valence-corrected chi connectivity index (χ1v) is 47.5. The van der Waals surface area contributed by atoms with Gasteiger partial charge < -0.3 is 37.2 Å². The molecule has 24 nitrogen and oxygen atoms in total. The molecule has 0 aliphatic heterocycles. The van der Waals surface area contributed by atoms with Crippen LogP contribution in [0.1, 0.15) is 417 Å². The van der Waals surface area contributed by atoms with Gasteiger partial charge in [-0.2, -0.15) is 0 Å². The van der Waals surface area contributed by atoms with E-state index in [0.29, 0.717) is 83.7 Å². The van der Waals surface area contributed by atoms with Crippen molar-refractivity contribution >= 4 is 73.6 Å². The summed E-state index contributed by atoms with van der Waals surface area (Å²) in [5.41, 5.74) is 11.1. The topological polar surface area (TPSA) is 303 Å². The molecule has 24 heteroatoms. The number of anilines is 7. The van der Waals surface area contributed by atoms with Crippen LogP contribution in [-0.2, 0) is 25.7 Å². The van der Waals surface area contributed by atoms with Gasteiger partial charge >= 0.3 is 0 Å². The molecule has 696 valence electrons. The second-order valence-electron chi connectivity index (χ2n) is 34.5. The first-order valence-electron chi connectivity index (χ1n) is 47.5. The van der Waals surface area contributed by atoms with Gasteiger partial charge in [0.25, 0.3) is 0 Å². The SMILES string of the molecule is CC.CC.CC.CC.CC.CC(C)Nc1nc(C(C)C)nc2c1CCC2.CC(C)Nc1nc(C(C)C)nc2c1CCCCCC2.CC(C)Nc1nc(C(C)C)nc2ccncc12.CC(C)Nc1nc(C(C)C)nc2cnccc12.CC(C)Nc1nc(C(C)C)nc2ncccc12.Cc1cc(NC(C)C)nc(C(C)C)n1.Cc1nc(C(C)C)nc(NC(C)C)c1C. The molecule has 0 atom stereocenters. The van der Waals surface area contributed by atoms with E-state index in [9.17, 15) is 0 Å². The van der Waals surface area contributed by atoms with E-state index < -0.39 is 0 Å². The molecule has 10 heterocycles. The highest BCUT2D eigenvalue weighted by molar-refractivity contribution is 5.89. The van der Waals surface area contributed by atoms with Gasteiger partial charge in [0, 0.05) is 159 Å². The Labute approximate surface area is 758 Å². The zero-order valence-electron chi connectivity index (χ0n) is 85.8. The number of hydrogen-bond acceptors (Lipinski definition) is 24. The van der Waals surface area contributed by atoms with Gasteiger partial charge in [-0.25, -0.2) is 74.8 Å². The highest BCUT2D eigenvalue weighted by Gasteiger charge is 2.23. The molecule has 2 aliphatic rings. The van der Waals surface area contributed by atoms with Gasteiger partial charge in [0.2, 0.25) is 0 Å². The fraction of sp³-hybridized carbons (Fsp3) is 0.634. The predicted octanol–water partition coefficient (Wildman–Crippen LogP) is 26.8. The lowest BCUT2D eigenvalue weighted by atomic mass is 9.97. The van der Waals surface area contributed by atoms with Crippen LogP contribution in [-0.4, -0.2) is 127 Å². The molecule has 2 aliphatic carbocycles. The third-order valence-electron chi connectivity index (χ3n) is 18.1. The van der Waals surface area contributed by atoms with Crippen LogP contribution in [0, 0.1) is 20.8 Å². The van der Waals surface area contributed by atoms with E-state index in [2.05, 4.69) is 313 Å². The fourth-order valence-corrected chi connectivity index (χ4v) is 12.2. The van der Waals surface area contributed by atoms with Gasteiger partial charge in [-0.1, -0.05) is 179 Å². The summed E-state index contributed by atoms with van der Waals surface area (Å²) in [5.74, 6) is 15.5. The molecular weight excluding hydrogens is 1550 g/mol. The van der Waals surface area contributed by atoms with Crippen molar-refractivity contribution in [3.63, 3.8) is 0 Å². The average molecular weight is 1720 g/mol. The van der Waals surface area contributed by atoms with Crippen LogP contribution in [0.4, 0.5) is 40.7 Å². The molecule has 10 aromatic rings. The van der Waals surface area contributed by atoms with Gasteiger partial charge in [-0.15, -0.1) is 0 Å². The Morgan fingerprint density at radius 2 is 0.616 bits per heavy atom. The molecule has 0 saturated carbocycles. The smallest absolute Gasteiger partial charge is 0.164 e. The van der Waals surface area contributed by atoms with Crippen LogP contribution in [0.2, 0.25) is 0 Å². The number of rotatable bonds is 21. The van der Waals surface area contributed by atoms with Crippen molar-refractivity contribution < 1.29 is 0 Å². The Morgan fingerprint density at radius 1 is 0.272 bits per heavy atom. The molecule has 7 N–H and O–H groups in total. The van der Waals surface area contributed by atoms with Crippen LogP contribution < -0.4 is 37.2 Å². The first kappa shape index (κ1) is 113. The number of pyridine rings is 3. The van der Waals surface area contributed by atoms with Crippen molar-refractivity contribution in [2.24, 2.45) is 0 Å². The number of aryl methyl sites for hydroxylation is 4. The molecule has 12 rings (SSSR count). The van der Waals surface area contributed by atoms with Crippen LogP contribution in [0.25, 0.3) is 32.8 Å². The van der Waals surface area contributed by atoms with Crippen molar-refractivity contribution in [2.45, 2.75) is 425 Å². The number of hydrogen-bond donors (Lipinski definition) is 7. The molecule has 0 unspecified atom stereocenters. The number of nitrogens with one attached hydrogen (secondary N) is 7. The maximum Gasteiger partial charge on any atom is 0.164 e. The van der Waals surface area contributed by atoms with E-state index in [-0.39, 0.29) is 0 Å². The van der Waals surface area contributed by atoms with E-state index >= 15 is 0 Å². The van der Waals surface area contributed by atoms with Crippen LogP contribution in [0.3, 0.4) is 0 Å². The molecular formula is C101H172N24. The van der Waals surface area contributed by atoms with Gasteiger partial charge in [0.1, 0.15) is 81.5 Å². The minimum absolute atomic E-state index is 0.300. The summed E-state index contributed by atoms with van der Waals surface area (Å²) < 4.78 is 0. The molecule has 0 saturated heterocycles. The number of nitrogens with zero attached hydrogens (tertiary/aromatic N) is 17. The maximum absolute atomic E-state index is 4.83. The largest absolute Gasteiger partial charge is 0.368 e. The standard InChI is InChI=1S/C16H27N3.3C13H18N4.C13H21N3.C12H21N3.C11H19N3.5C2H6/c1-11(2)15-18-14-10-8-6-5-7-9-13(14)16(19-15)17-12(3)4;1-8(2)12-16-11-5-6-14-7-10(11)13(17-12)15-9(3)4;1-8(2)12-16-11-7-14-6-5-10(11)13(17-12)15-9(3)4;1-8(2)11-16-12-10(6-5-7-14-12)13(17-11)15-9(3)4;1-8(2)12-15-11-7-5-6-10(11)13(16-12)14-9(3)4;1-7(2)11-14-10(6)9(5)12(15-11)13-8(3)4;1-7(2)11-13-9(5)6-10(14-11)12-8(3)4;5*1-2/h11-12H,5-10H2,1-4H3,(H,17,18,19);2*5-9H,1-4H3,(H,15,16,17);5-9H,1-4H3,(H,14,15,16,17);8-9H,5-7H2,1-4H3,(H,14,15,16);7-8H,1-6H3,(H,13,14,15);6-8H,1-5H3,(H,12,13,14);5*1-2H3. The van der Waals surface area contributed by atoms with Crippen molar-refractivity contribution in [1.29, 1.82) is 0 Å². The molecule has 10 aromatic heterocycles. The Balaban J connectivity index is 0.000000717. The van der Waals surface area contributed by atoms with Gasteiger partial charge in [-0.3, -0.25) is 9.97 Å². The summed E-state index contributed by atoms with van der Waals surface area (Å²) in [5, 5.41) is 26.7. The summed E-state index contributed by atoms with van der Waals surface area (Å²) in [6.45, 7) is 85.4. The molecule has 0 aromatic carbocycles. The van der Waals surface area contributed by atoms with Gasteiger partial charge in [0.15, 0.2) is 5.65 Å². The average Bonchev–Trinajstić information content (AvgIpc) is 1.47. The lowest BCUT2D eigenvalue weighted by Gasteiger charge is -2.20. The second kappa shape index (κ2) is 60.1. The van der Waals surface area contributed by atoms with E-state index in [1.807, 2.05) is 120 Å². The van der Waals surface area contributed by atoms with Gasteiger partial charge in [0.05, 0.1) is 28.0 Å². The zero-order chi connectivity index (χ0) is 95.1. The quantitative estimate of drug-likeness (QED) is 0.0352. The van der Waals surface area contributed by atoms with E-state index in [0.717, 1.165) is 157 Å². The molecule has 0 amide bonds. The summed E-state index contributed by atoms with van der Waals surface area (Å²) in [4.78, 5) is 76.7. The third kappa shape index (κ3) is 39.9.